The summed E-state index contributed by atoms with van der Waals surface area (Å²) in [4.78, 5) is 4.37. The molecule has 0 saturated heterocycles. The van der Waals surface area contributed by atoms with Gasteiger partial charge in [0.1, 0.15) is 0 Å². The van der Waals surface area contributed by atoms with Crippen molar-refractivity contribution < 1.29 is 0 Å². The third kappa shape index (κ3) is 3.79. The summed E-state index contributed by atoms with van der Waals surface area (Å²) in [5.41, 5.74) is 8.57. The fourth-order valence-electron chi connectivity index (χ4n) is 2.25. The minimum absolute atomic E-state index is 0.139. The van der Waals surface area contributed by atoms with Crippen LogP contribution >= 0.6 is 11.6 Å². The summed E-state index contributed by atoms with van der Waals surface area (Å²) < 4.78 is 0. The Hall–Kier alpha value is -1.38. The normalized spacial score (nSPS) is 14.1. The van der Waals surface area contributed by atoms with Crippen LogP contribution in [-0.2, 0) is 6.42 Å². The van der Waals surface area contributed by atoms with Gasteiger partial charge in [-0.05, 0) is 30.5 Å². The van der Waals surface area contributed by atoms with E-state index in [0.29, 0.717) is 10.9 Å². The van der Waals surface area contributed by atoms with Crippen LogP contribution in [0, 0.1) is 0 Å². The van der Waals surface area contributed by atoms with E-state index in [2.05, 4.69) is 36.2 Å². The van der Waals surface area contributed by atoms with E-state index in [9.17, 15) is 0 Å². The number of rotatable bonds is 5. The molecule has 1 aromatic carbocycles. The highest BCUT2D eigenvalue weighted by Crippen LogP contribution is 2.24. The molecule has 0 saturated carbocycles. The van der Waals surface area contributed by atoms with Crippen molar-refractivity contribution in [2.24, 2.45) is 5.73 Å². The van der Waals surface area contributed by atoms with Gasteiger partial charge in [0, 0.05) is 23.9 Å². The van der Waals surface area contributed by atoms with Gasteiger partial charge >= 0.3 is 0 Å². The van der Waals surface area contributed by atoms with Crippen molar-refractivity contribution in [3.63, 3.8) is 0 Å². The smallest absolute Gasteiger partial charge is 0.0589 e. The number of hydrogen-bond acceptors (Lipinski definition) is 2. The van der Waals surface area contributed by atoms with Gasteiger partial charge in [0.2, 0.25) is 0 Å². The Balaban J connectivity index is 2.21. The van der Waals surface area contributed by atoms with Crippen LogP contribution in [0.1, 0.15) is 30.5 Å². The molecule has 1 heterocycles. The minimum Gasteiger partial charge on any atom is -0.327 e. The lowest BCUT2D eigenvalue weighted by molar-refractivity contribution is 0.510. The van der Waals surface area contributed by atoms with Gasteiger partial charge in [-0.3, -0.25) is 4.98 Å². The molecule has 2 rings (SSSR count). The monoisotopic (exact) mass is 274 g/mol. The molecule has 0 spiro atoms. The van der Waals surface area contributed by atoms with Crippen molar-refractivity contribution in [2.45, 2.75) is 31.7 Å². The molecule has 0 fully saturated rings. The molecule has 0 bridgehead atoms. The number of aromatic nitrogens is 1. The Labute approximate surface area is 119 Å². The van der Waals surface area contributed by atoms with Crippen molar-refractivity contribution in [1.82, 2.24) is 4.98 Å². The Morgan fingerprint density at radius 1 is 1.16 bits per heavy atom. The minimum atomic E-state index is 0.139. The van der Waals surface area contributed by atoms with E-state index in [4.69, 9.17) is 17.3 Å². The fraction of sp³-hybridized carbons (Fsp3) is 0.312. The summed E-state index contributed by atoms with van der Waals surface area (Å²) in [6, 6.07) is 14.4. The van der Waals surface area contributed by atoms with Crippen LogP contribution in [0.3, 0.4) is 0 Å². The molecule has 2 atom stereocenters. The van der Waals surface area contributed by atoms with Crippen molar-refractivity contribution in [3.05, 3.63) is 64.9 Å². The van der Waals surface area contributed by atoms with Gasteiger partial charge < -0.3 is 5.73 Å². The number of nitrogens with zero attached hydrogens (tertiary/aromatic N) is 1. The van der Waals surface area contributed by atoms with Gasteiger partial charge in [0.15, 0.2) is 0 Å². The Morgan fingerprint density at radius 2 is 1.89 bits per heavy atom. The second kappa shape index (κ2) is 6.69. The zero-order chi connectivity index (χ0) is 13.7. The zero-order valence-electron chi connectivity index (χ0n) is 11.1. The topological polar surface area (TPSA) is 38.9 Å². The van der Waals surface area contributed by atoms with E-state index in [0.717, 1.165) is 18.5 Å². The molecule has 0 radical (unpaired) electrons. The molecule has 19 heavy (non-hydrogen) atoms. The number of hydrogen-bond donors (Lipinski definition) is 1. The van der Waals surface area contributed by atoms with Gasteiger partial charge in [-0.2, -0.15) is 0 Å². The van der Waals surface area contributed by atoms with Gasteiger partial charge in [-0.1, -0.05) is 48.9 Å². The van der Waals surface area contributed by atoms with E-state index >= 15 is 0 Å². The van der Waals surface area contributed by atoms with Crippen molar-refractivity contribution in [2.75, 3.05) is 0 Å². The molecule has 2 aromatic rings. The molecular formula is C16H19ClN2. The van der Waals surface area contributed by atoms with E-state index < -0.39 is 0 Å². The van der Waals surface area contributed by atoms with Crippen LogP contribution in [-0.4, -0.2) is 11.0 Å². The highest BCUT2D eigenvalue weighted by molar-refractivity contribution is 6.30. The summed E-state index contributed by atoms with van der Waals surface area (Å²) in [7, 11) is 0. The first-order chi connectivity index (χ1) is 9.20. The second-order valence-corrected chi connectivity index (χ2v) is 5.20. The average molecular weight is 275 g/mol. The number of nitrogens with two attached hydrogens (primary N) is 1. The predicted octanol–water partition coefficient (Wildman–Crippen LogP) is 3.80. The Bertz CT molecular complexity index is 496. The molecule has 2 nitrogen and oxygen atoms in total. The first kappa shape index (κ1) is 14.0. The lowest BCUT2D eigenvalue weighted by atomic mass is 9.86. The molecule has 3 heteroatoms. The van der Waals surface area contributed by atoms with E-state index in [1.54, 1.807) is 6.20 Å². The highest BCUT2D eigenvalue weighted by Gasteiger charge is 2.19. The molecule has 0 aliphatic rings. The Morgan fingerprint density at radius 3 is 2.47 bits per heavy atom. The van der Waals surface area contributed by atoms with Crippen LogP contribution in [0.15, 0.2) is 48.7 Å². The summed E-state index contributed by atoms with van der Waals surface area (Å²) in [6.45, 7) is 2.12. The van der Waals surface area contributed by atoms with Gasteiger partial charge in [0.05, 0.1) is 5.02 Å². The first-order valence-corrected chi connectivity index (χ1v) is 6.99. The number of benzene rings is 1. The lowest BCUT2D eigenvalue weighted by Gasteiger charge is -2.23. The zero-order valence-corrected chi connectivity index (χ0v) is 11.8. The molecule has 2 N–H and O–H groups in total. The molecule has 0 amide bonds. The predicted molar refractivity (Wildman–Crippen MR) is 80.4 cm³/mol. The quantitative estimate of drug-likeness (QED) is 0.901. The SMILES string of the molecule is CC[C@H](N)[C@@H](Cc1ccc(Cl)cn1)c1ccccc1. The van der Waals surface area contributed by atoms with Crippen LogP contribution in [0.2, 0.25) is 5.02 Å². The molecular weight excluding hydrogens is 256 g/mol. The van der Waals surface area contributed by atoms with Crippen LogP contribution < -0.4 is 5.73 Å². The molecule has 0 aliphatic heterocycles. The van der Waals surface area contributed by atoms with Crippen LogP contribution in [0.4, 0.5) is 0 Å². The third-order valence-electron chi connectivity index (χ3n) is 3.43. The summed E-state index contributed by atoms with van der Waals surface area (Å²) >= 11 is 5.87. The van der Waals surface area contributed by atoms with Crippen molar-refractivity contribution in [3.8, 4) is 0 Å². The summed E-state index contributed by atoms with van der Waals surface area (Å²) in [5.74, 6) is 0.292. The van der Waals surface area contributed by atoms with Crippen LogP contribution in [0.25, 0.3) is 0 Å². The number of pyridine rings is 1. The van der Waals surface area contributed by atoms with E-state index in [1.807, 2.05) is 18.2 Å². The molecule has 100 valence electrons. The van der Waals surface area contributed by atoms with Gasteiger partial charge in [0.25, 0.3) is 0 Å². The third-order valence-corrected chi connectivity index (χ3v) is 3.66. The maximum atomic E-state index is 6.27. The average Bonchev–Trinajstić information content (AvgIpc) is 2.47. The van der Waals surface area contributed by atoms with Crippen molar-refractivity contribution in [1.29, 1.82) is 0 Å². The standard InChI is InChI=1S/C16H19ClN2/c1-2-16(18)15(12-6-4-3-5-7-12)10-14-9-8-13(17)11-19-14/h3-9,11,15-16H,2,10,18H2,1H3/t15-,16-/m0/s1. The first-order valence-electron chi connectivity index (χ1n) is 6.61. The summed E-state index contributed by atoms with van der Waals surface area (Å²) in [5, 5.41) is 0.666. The van der Waals surface area contributed by atoms with Gasteiger partial charge in [-0.25, -0.2) is 0 Å². The lowest BCUT2D eigenvalue weighted by Crippen LogP contribution is -2.29. The largest absolute Gasteiger partial charge is 0.327 e. The summed E-state index contributed by atoms with van der Waals surface area (Å²) in [6.07, 6.45) is 3.49. The molecule has 0 unspecified atom stereocenters. The maximum Gasteiger partial charge on any atom is 0.0589 e. The van der Waals surface area contributed by atoms with E-state index in [-0.39, 0.29) is 6.04 Å². The number of halogens is 1. The maximum absolute atomic E-state index is 6.27. The highest BCUT2D eigenvalue weighted by atomic mass is 35.5. The Kier molecular flexibility index (Phi) is 4.94. The molecule has 1 aromatic heterocycles. The van der Waals surface area contributed by atoms with Crippen molar-refractivity contribution >= 4 is 11.6 Å². The second-order valence-electron chi connectivity index (χ2n) is 4.76. The fourth-order valence-corrected chi connectivity index (χ4v) is 2.37. The van der Waals surface area contributed by atoms with E-state index in [1.165, 1.54) is 5.56 Å². The van der Waals surface area contributed by atoms with Gasteiger partial charge in [-0.15, -0.1) is 0 Å². The molecule has 0 aliphatic carbocycles. The van der Waals surface area contributed by atoms with Crippen LogP contribution in [0.5, 0.6) is 0 Å².